The van der Waals surface area contributed by atoms with Gasteiger partial charge in [0.2, 0.25) is 15.9 Å². The Morgan fingerprint density at radius 1 is 1.47 bits per heavy atom. The first-order chi connectivity index (χ1) is 8.03. The second-order valence-corrected chi connectivity index (χ2v) is 6.53. The van der Waals surface area contributed by atoms with Gasteiger partial charge in [-0.3, -0.25) is 4.79 Å². The Morgan fingerprint density at radius 3 is 2.82 bits per heavy atom. The summed E-state index contributed by atoms with van der Waals surface area (Å²) in [5.41, 5.74) is 0. The zero-order valence-electron chi connectivity index (χ0n) is 9.60. The van der Waals surface area contributed by atoms with Gasteiger partial charge in [-0.05, 0) is 24.9 Å². The number of thiophene rings is 1. The van der Waals surface area contributed by atoms with Gasteiger partial charge in [0.25, 0.3) is 0 Å². The van der Waals surface area contributed by atoms with E-state index in [1.54, 1.807) is 11.3 Å². The number of hydrogen-bond acceptors (Lipinski definition) is 4. The third-order valence-corrected chi connectivity index (χ3v) is 4.48. The number of nitrogens with one attached hydrogen (secondary N) is 2. The largest absolute Gasteiger partial charge is 0.355 e. The molecule has 0 saturated carbocycles. The van der Waals surface area contributed by atoms with Crippen LogP contribution in [0.4, 0.5) is 0 Å². The van der Waals surface area contributed by atoms with E-state index in [9.17, 15) is 13.2 Å². The minimum Gasteiger partial charge on any atom is -0.355 e. The second kappa shape index (κ2) is 6.73. The number of carbonyl (C=O) groups excluding carboxylic acids is 1. The second-order valence-electron chi connectivity index (χ2n) is 3.45. The Kier molecular flexibility index (Phi) is 5.60. The lowest BCUT2D eigenvalue weighted by Gasteiger charge is -2.05. The molecule has 0 bridgehead atoms. The van der Waals surface area contributed by atoms with Crippen molar-refractivity contribution in [1.29, 1.82) is 0 Å². The summed E-state index contributed by atoms with van der Waals surface area (Å²) < 4.78 is 24.3. The molecule has 17 heavy (non-hydrogen) atoms. The van der Waals surface area contributed by atoms with Crippen LogP contribution in [0.1, 0.15) is 11.3 Å². The number of amides is 1. The van der Waals surface area contributed by atoms with E-state index in [1.165, 1.54) is 7.05 Å². The standard InChI is InChI=1S/C10H16N2O3S2/c1-11-17(14,15)8-6-12-10(13)5-4-9-3-2-7-16-9/h2-3,7,11H,4-6,8H2,1H3,(H,12,13). The van der Waals surface area contributed by atoms with Crippen LogP contribution >= 0.6 is 11.3 Å². The van der Waals surface area contributed by atoms with Gasteiger partial charge in [-0.1, -0.05) is 6.07 Å². The summed E-state index contributed by atoms with van der Waals surface area (Å²) in [6.07, 6.45) is 1.09. The molecule has 1 aromatic rings. The molecule has 0 atom stereocenters. The van der Waals surface area contributed by atoms with E-state index in [-0.39, 0.29) is 18.2 Å². The van der Waals surface area contributed by atoms with Crippen molar-refractivity contribution in [3.8, 4) is 0 Å². The number of sulfonamides is 1. The van der Waals surface area contributed by atoms with Crippen molar-refractivity contribution in [2.75, 3.05) is 19.3 Å². The lowest BCUT2D eigenvalue weighted by Crippen LogP contribution is -2.32. The SMILES string of the molecule is CNS(=O)(=O)CCNC(=O)CCc1cccs1. The number of aryl methyl sites for hydroxylation is 1. The average molecular weight is 276 g/mol. The normalized spacial score (nSPS) is 11.4. The van der Waals surface area contributed by atoms with Gasteiger partial charge in [0.15, 0.2) is 0 Å². The lowest BCUT2D eigenvalue weighted by atomic mass is 10.2. The highest BCUT2D eigenvalue weighted by atomic mass is 32.2. The van der Waals surface area contributed by atoms with Crippen LogP contribution in [0.3, 0.4) is 0 Å². The highest BCUT2D eigenvalue weighted by molar-refractivity contribution is 7.89. The highest BCUT2D eigenvalue weighted by Crippen LogP contribution is 2.10. The molecule has 0 radical (unpaired) electrons. The summed E-state index contributed by atoms with van der Waals surface area (Å²) in [5.74, 6) is -0.210. The Balaban J connectivity index is 2.18. The summed E-state index contributed by atoms with van der Waals surface area (Å²) >= 11 is 1.61. The molecule has 1 heterocycles. The molecule has 7 heteroatoms. The van der Waals surface area contributed by atoms with E-state index in [1.807, 2.05) is 17.5 Å². The fourth-order valence-electron chi connectivity index (χ4n) is 1.21. The van der Waals surface area contributed by atoms with Gasteiger partial charge in [-0.2, -0.15) is 0 Å². The molecule has 0 aliphatic rings. The number of rotatable bonds is 7. The fourth-order valence-corrected chi connectivity index (χ4v) is 2.49. The van der Waals surface area contributed by atoms with Crippen molar-refractivity contribution in [1.82, 2.24) is 10.0 Å². The molecule has 0 fully saturated rings. The van der Waals surface area contributed by atoms with Crippen LogP contribution < -0.4 is 10.0 Å². The number of carbonyl (C=O) groups is 1. The van der Waals surface area contributed by atoms with Crippen molar-refractivity contribution < 1.29 is 13.2 Å². The predicted octanol–water partition coefficient (Wildman–Crippen LogP) is 0.346. The van der Waals surface area contributed by atoms with E-state index < -0.39 is 10.0 Å². The monoisotopic (exact) mass is 276 g/mol. The quantitative estimate of drug-likeness (QED) is 0.754. The summed E-state index contributed by atoms with van der Waals surface area (Å²) in [5, 5.41) is 4.55. The molecule has 0 aliphatic carbocycles. The van der Waals surface area contributed by atoms with E-state index in [0.717, 1.165) is 4.88 Å². The van der Waals surface area contributed by atoms with E-state index in [0.29, 0.717) is 12.8 Å². The van der Waals surface area contributed by atoms with Crippen LogP contribution in [-0.4, -0.2) is 33.7 Å². The molecule has 0 spiro atoms. The van der Waals surface area contributed by atoms with Crippen LogP contribution in [0.25, 0.3) is 0 Å². The molecular weight excluding hydrogens is 260 g/mol. The fraction of sp³-hybridized carbons (Fsp3) is 0.500. The van der Waals surface area contributed by atoms with Crippen LogP contribution in [0.15, 0.2) is 17.5 Å². The maximum absolute atomic E-state index is 11.4. The van der Waals surface area contributed by atoms with E-state index >= 15 is 0 Å². The zero-order chi connectivity index (χ0) is 12.7. The lowest BCUT2D eigenvalue weighted by molar-refractivity contribution is -0.120. The molecule has 0 unspecified atom stereocenters. The third kappa shape index (κ3) is 5.81. The first-order valence-corrected chi connectivity index (χ1v) is 7.77. The molecular formula is C10H16N2O3S2. The van der Waals surface area contributed by atoms with Gasteiger partial charge in [-0.25, -0.2) is 13.1 Å². The van der Waals surface area contributed by atoms with Gasteiger partial charge in [0, 0.05) is 17.8 Å². The van der Waals surface area contributed by atoms with Gasteiger partial charge in [-0.15, -0.1) is 11.3 Å². The van der Waals surface area contributed by atoms with Crippen LogP contribution in [-0.2, 0) is 21.2 Å². The van der Waals surface area contributed by atoms with Gasteiger partial charge in [0.1, 0.15) is 0 Å². The molecule has 0 aromatic carbocycles. The summed E-state index contributed by atoms with van der Waals surface area (Å²) in [6.45, 7) is 0.145. The average Bonchev–Trinajstić information content (AvgIpc) is 2.79. The topological polar surface area (TPSA) is 75.3 Å². The van der Waals surface area contributed by atoms with Gasteiger partial charge in [0.05, 0.1) is 5.75 Å². The zero-order valence-corrected chi connectivity index (χ0v) is 11.2. The Labute approximate surface area is 105 Å². The maximum atomic E-state index is 11.4. The molecule has 0 aliphatic heterocycles. The third-order valence-electron chi connectivity index (χ3n) is 2.18. The highest BCUT2D eigenvalue weighted by Gasteiger charge is 2.08. The Bertz CT molecular complexity index is 440. The molecule has 0 saturated heterocycles. The molecule has 2 N–H and O–H groups in total. The van der Waals surface area contributed by atoms with Crippen molar-refractivity contribution >= 4 is 27.3 Å². The van der Waals surface area contributed by atoms with Crippen LogP contribution in [0.2, 0.25) is 0 Å². The Morgan fingerprint density at radius 2 is 2.24 bits per heavy atom. The smallest absolute Gasteiger partial charge is 0.220 e. The molecule has 96 valence electrons. The number of hydrogen-bond donors (Lipinski definition) is 2. The molecule has 1 amide bonds. The van der Waals surface area contributed by atoms with Gasteiger partial charge < -0.3 is 5.32 Å². The Hall–Kier alpha value is -0.920. The van der Waals surface area contributed by atoms with Gasteiger partial charge >= 0.3 is 0 Å². The first-order valence-electron chi connectivity index (χ1n) is 5.24. The van der Waals surface area contributed by atoms with Crippen LogP contribution in [0.5, 0.6) is 0 Å². The van der Waals surface area contributed by atoms with Crippen molar-refractivity contribution in [2.45, 2.75) is 12.8 Å². The predicted molar refractivity (Wildman–Crippen MR) is 68.5 cm³/mol. The van der Waals surface area contributed by atoms with Crippen molar-refractivity contribution in [2.24, 2.45) is 0 Å². The summed E-state index contributed by atoms with van der Waals surface area (Å²) in [6, 6.07) is 3.92. The van der Waals surface area contributed by atoms with Crippen LogP contribution in [0, 0.1) is 0 Å². The summed E-state index contributed by atoms with van der Waals surface area (Å²) in [7, 11) is -1.88. The molecule has 1 rings (SSSR count). The minimum atomic E-state index is -3.24. The minimum absolute atomic E-state index is 0.0890. The van der Waals surface area contributed by atoms with Crippen molar-refractivity contribution in [3.63, 3.8) is 0 Å². The first kappa shape index (κ1) is 14.1. The molecule has 5 nitrogen and oxygen atoms in total. The maximum Gasteiger partial charge on any atom is 0.220 e. The van der Waals surface area contributed by atoms with Crippen molar-refractivity contribution in [3.05, 3.63) is 22.4 Å². The van der Waals surface area contributed by atoms with E-state index in [4.69, 9.17) is 0 Å². The molecule has 1 aromatic heterocycles. The van der Waals surface area contributed by atoms with E-state index in [2.05, 4.69) is 10.0 Å². The summed E-state index contributed by atoms with van der Waals surface area (Å²) in [4.78, 5) is 12.5.